The van der Waals surface area contributed by atoms with E-state index in [4.69, 9.17) is 4.74 Å². The van der Waals surface area contributed by atoms with Crippen molar-refractivity contribution in [1.29, 1.82) is 0 Å². The lowest BCUT2D eigenvalue weighted by Crippen LogP contribution is -1.99. The molecule has 2 aromatic heterocycles. The normalized spacial score (nSPS) is 10.0. The molecule has 2 nitrogen and oxygen atoms in total. The summed E-state index contributed by atoms with van der Waals surface area (Å²) >= 11 is 1.76. The summed E-state index contributed by atoms with van der Waals surface area (Å²) < 4.78 is 5.52. The quantitative estimate of drug-likeness (QED) is 0.765. The highest BCUT2D eigenvalue weighted by molar-refractivity contribution is 7.09. The third-order valence-electron chi connectivity index (χ3n) is 1.83. The van der Waals surface area contributed by atoms with Gasteiger partial charge in [0.2, 0.25) is 0 Å². The molecular weight excluding hydrogens is 194 g/mol. The number of thiophene rings is 1. The molecule has 0 amide bonds. The minimum absolute atomic E-state index is 0.714. The maximum absolute atomic E-state index is 5.52. The van der Waals surface area contributed by atoms with Crippen molar-refractivity contribution in [3.05, 3.63) is 46.9 Å². The van der Waals surface area contributed by atoms with E-state index >= 15 is 0 Å². The van der Waals surface area contributed by atoms with E-state index < -0.39 is 0 Å². The number of rotatable bonds is 4. The summed E-state index contributed by atoms with van der Waals surface area (Å²) in [5.41, 5.74) is 0. The molecule has 0 aliphatic heterocycles. The number of pyridine rings is 1. The molecule has 2 rings (SSSR count). The van der Waals surface area contributed by atoms with Crippen LogP contribution in [0.3, 0.4) is 0 Å². The van der Waals surface area contributed by atoms with Crippen LogP contribution in [0.2, 0.25) is 0 Å². The summed E-state index contributed by atoms with van der Waals surface area (Å²) in [6.45, 7) is 0.714. The standard InChI is InChI=1S/C11H11NOS/c1-3-10(9-12-6-1)13-7-5-11-4-2-8-14-11/h1-4,6,8-9H,5,7H2. The summed E-state index contributed by atoms with van der Waals surface area (Å²) in [7, 11) is 0. The molecule has 0 spiro atoms. The van der Waals surface area contributed by atoms with Gasteiger partial charge in [-0.15, -0.1) is 11.3 Å². The van der Waals surface area contributed by atoms with Crippen molar-refractivity contribution in [3.63, 3.8) is 0 Å². The van der Waals surface area contributed by atoms with Crippen molar-refractivity contribution in [2.24, 2.45) is 0 Å². The van der Waals surface area contributed by atoms with E-state index in [-0.39, 0.29) is 0 Å². The average molecular weight is 205 g/mol. The van der Waals surface area contributed by atoms with Gasteiger partial charge < -0.3 is 4.74 Å². The van der Waals surface area contributed by atoms with Crippen LogP contribution >= 0.6 is 11.3 Å². The number of hydrogen-bond donors (Lipinski definition) is 0. The molecular formula is C11H11NOS. The highest BCUT2D eigenvalue weighted by atomic mass is 32.1. The van der Waals surface area contributed by atoms with E-state index in [9.17, 15) is 0 Å². The van der Waals surface area contributed by atoms with Gasteiger partial charge in [-0.2, -0.15) is 0 Å². The van der Waals surface area contributed by atoms with Crippen LogP contribution in [-0.4, -0.2) is 11.6 Å². The first kappa shape index (κ1) is 9.21. The summed E-state index contributed by atoms with van der Waals surface area (Å²) in [5, 5.41) is 2.08. The SMILES string of the molecule is c1cncc(OCCc2cccs2)c1. The molecule has 0 N–H and O–H groups in total. The predicted molar refractivity (Wildman–Crippen MR) is 57.8 cm³/mol. The van der Waals surface area contributed by atoms with Crippen LogP contribution < -0.4 is 4.74 Å². The topological polar surface area (TPSA) is 22.1 Å². The minimum atomic E-state index is 0.714. The Hall–Kier alpha value is -1.35. The van der Waals surface area contributed by atoms with Crippen molar-refractivity contribution < 1.29 is 4.74 Å². The summed E-state index contributed by atoms with van der Waals surface area (Å²) in [4.78, 5) is 5.33. The first-order chi connectivity index (χ1) is 6.95. The van der Waals surface area contributed by atoms with Crippen molar-refractivity contribution >= 4 is 11.3 Å². The Balaban J connectivity index is 1.79. The fourth-order valence-electron chi connectivity index (χ4n) is 1.16. The van der Waals surface area contributed by atoms with Crippen LogP contribution in [0, 0.1) is 0 Å². The summed E-state index contributed by atoms with van der Waals surface area (Å²) in [6.07, 6.45) is 4.44. The molecule has 3 heteroatoms. The maximum atomic E-state index is 5.52. The average Bonchev–Trinajstić information content (AvgIpc) is 2.72. The Kier molecular flexibility index (Phi) is 3.14. The molecule has 2 aromatic rings. The van der Waals surface area contributed by atoms with Crippen LogP contribution in [0.15, 0.2) is 42.0 Å². The molecule has 14 heavy (non-hydrogen) atoms. The van der Waals surface area contributed by atoms with Gasteiger partial charge in [0.1, 0.15) is 5.75 Å². The Bertz CT molecular complexity index is 358. The molecule has 0 bridgehead atoms. The molecule has 0 aliphatic carbocycles. The van der Waals surface area contributed by atoms with E-state index in [2.05, 4.69) is 22.5 Å². The number of hydrogen-bond acceptors (Lipinski definition) is 3. The molecule has 2 heterocycles. The van der Waals surface area contributed by atoms with Crippen LogP contribution in [0.5, 0.6) is 5.75 Å². The fourth-order valence-corrected chi connectivity index (χ4v) is 1.85. The number of ether oxygens (including phenoxy) is 1. The molecule has 0 atom stereocenters. The second kappa shape index (κ2) is 4.77. The van der Waals surface area contributed by atoms with Crippen LogP contribution in [-0.2, 0) is 6.42 Å². The lowest BCUT2D eigenvalue weighted by molar-refractivity contribution is 0.321. The highest BCUT2D eigenvalue weighted by Crippen LogP contribution is 2.11. The van der Waals surface area contributed by atoms with Crippen molar-refractivity contribution in [2.45, 2.75) is 6.42 Å². The molecule has 0 fully saturated rings. The molecule has 0 aromatic carbocycles. The van der Waals surface area contributed by atoms with Gasteiger partial charge in [0.05, 0.1) is 12.8 Å². The molecule has 0 saturated heterocycles. The second-order valence-electron chi connectivity index (χ2n) is 2.87. The van der Waals surface area contributed by atoms with Gasteiger partial charge in [-0.25, -0.2) is 0 Å². The Labute approximate surface area is 87.2 Å². The number of aromatic nitrogens is 1. The predicted octanol–water partition coefficient (Wildman–Crippen LogP) is 2.76. The monoisotopic (exact) mass is 205 g/mol. The van der Waals surface area contributed by atoms with Gasteiger partial charge >= 0.3 is 0 Å². The highest BCUT2D eigenvalue weighted by Gasteiger charge is 1.95. The van der Waals surface area contributed by atoms with Gasteiger partial charge in [0, 0.05) is 17.5 Å². The number of nitrogens with zero attached hydrogens (tertiary/aromatic N) is 1. The van der Waals surface area contributed by atoms with E-state index in [0.29, 0.717) is 6.61 Å². The first-order valence-electron chi connectivity index (χ1n) is 4.50. The van der Waals surface area contributed by atoms with Crippen LogP contribution in [0.25, 0.3) is 0 Å². The van der Waals surface area contributed by atoms with Crippen molar-refractivity contribution in [1.82, 2.24) is 4.98 Å². The smallest absolute Gasteiger partial charge is 0.137 e. The van der Waals surface area contributed by atoms with E-state index in [0.717, 1.165) is 12.2 Å². The van der Waals surface area contributed by atoms with Crippen molar-refractivity contribution in [2.75, 3.05) is 6.61 Å². The molecule has 72 valence electrons. The zero-order valence-corrected chi connectivity index (χ0v) is 8.54. The summed E-state index contributed by atoms with van der Waals surface area (Å²) in [5.74, 6) is 0.837. The Morgan fingerprint density at radius 1 is 1.29 bits per heavy atom. The van der Waals surface area contributed by atoms with Gasteiger partial charge in [-0.3, -0.25) is 4.98 Å². The lowest BCUT2D eigenvalue weighted by Gasteiger charge is -2.03. The van der Waals surface area contributed by atoms with Gasteiger partial charge in [-0.1, -0.05) is 6.07 Å². The maximum Gasteiger partial charge on any atom is 0.137 e. The fraction of sp³-hybridized carbons (Fsp3) is 0.182. The largest absolute Gasteiger partial charge is 0.492 e. The van der Waals surface area contributed by atoms with Gasteiger partial charge in [0.25, 0.3) is 0 Å². The summed E-state index contributed by atoms with van der Waals surface area (Å²) in [6, 6.07) is 7.98. The molecule has 0 aliphatic rings. The molecule has 0 unspecified atom stereocenters. The minimum Gasteiger partial charge on any atom is -0.492 e. The third-order valence-corrected chi connectivity index (χ3v) is 2.77. The van der Waals surface area contributed by atoms with E-state index in [1.54, 1.807) is 23.7 Å². The Morgan fingerprint density at radius 2 is 2.29 bits per heavy atom. The molecule has 0 radical (unpaired) electrons. The Morgan fingerprint density at radius 3 is 3.00 bits per heavy atom. The second-order valence-corrected chi connectivity index (χ2v) is 3.90. The zero-order valence-electron chi connectivity index (χ0n) is 7.72. The van der Waals surface area contributed by atoms with Gasteiger partial charge in [-0.05, 0) is 23.6 Å². The van der Waals surface area contributed by atoms with E-state index in [1.165, 1.54) is 4.88 Å². The van der Waals surface area contributed by atoms with E-state index in [1.807, 2.05) is 12.1 Å². The van der Waals surface area contributed by atoms with Crippen LogP contribution in [0.1, 0.15) is 4.88 Å². The third kappa shape index (κ3) is 2.57. The lowest BCUT2D eigenvalue weighted by atomic mass is 10.3. The van der Waals surface area contributed by atoms with Crippen LogP contribution in [0.4, 0.5) is 0 Å². The van der Waals surface area contributed by atoms with Crippen molar-refractivity contribution in [3.8, 4) is 5.75 Å². The zero-order chi connectivity index (χ0) is 9.64. The molecule has 0 saturated carbocycles. The van der Waals surface area contributed by atoms with Gasteiger partial charge in [0.15, 0.2) is 0 Å². The first-order valence-corrected chi connectivity index (χ1v) is 5.38.